The molecule has 1 spiro atoms. The molecule has 2 fully saturated rings. The van der Waals surface area contributed by atoms with E-state index in [1.807, 2.05) is 30.1 Å². The van der Waals surface area contributed by atoms with Gasteiger partial charge in [-0.3, -0.25) is 9.59 Å². The molecule has 0 radical (unpaired) electrons. The first-order chi connectivity index (χ1) is 13.9. The Morgan fingerprint density at radius 1 is 1.28 bits per heavy atom. The Balaban J connectivity index is 1.46. The van der Waals surface area contributed by atoms with Gasteiger partial charge in [-0.05, 0) is 63.5 Å². The lowest BCUT2D eigenvalue weighted by Gasteiger charge is -2.41. The molecule has 1 atom stereocenters. The van der Waals surface area contributed by atoms with Gasteiger partial charge < -0.3 is 24.8 Å². The summed E-state index contributed by atoms with van der Waals surface area (Å²) in [6.45, 7) is 5.95. The highest BCUT2D eigenvalue weighted by molar-refractivity contribution is 5.83. The van der Waals surface area contributed by atoms with Crippen molar-refractivity contribution >= 4 is 22.7 Å². The number of piperidine rings is 1. The largest absolute Gasteiger partial charge is 0.484 e. The number of hydrogen-bond acceptors (Lipinski definition) is 4. The van der Waals surface area contributed by atoms with E-state index < -0.39 is 0 Å². The fourth-order valence-corrected chi connectivity index (χ4v) is 4.94. The van der Waals surface area contributed by atoms with Crippen LogP contribution < -0.4 is 15.4 Å². The molecule has 2 N–H and O–H groups in total. The predicted octanol–water partition coefficient (Wildman–Crippen LogP) is 1.72. The Hall–Kier alpha value is -2.54. The number of amides is 2. The van der Waals surface area contributed by atoms with Crippen molar-refractivity contribution < 1.29 is 14.3 Å². The number of ether oxygens (including phenoxy) is 1. The zero-order valence-electron chi connectivity index (χ0n) is 17.5. The van der Waals surface area contributed by atoms with Gasteiger partial charge in [0, 0.05) is 48.7 Å². The number of hydrogen-bond donors (Lipinski definition) is 2. The highest BCUT2D eigenvalue weighted by Crippen LogP contribution is 2.37. The number of benzene rings is 1. The first-order valence-corrected chi connectivity index (χ1v) is 10.4. The highest BCUT2D eigenvalue weighted by atomic mass is 16.5. The molecule has 2 aliphatic rings. The molecular formula is C22H30N4O3. The molecule has 7 heteroatoms. The van der Waals surface area contributed by atoms with Gasteiger partial charge in [0.1, 0.15) is 5.75 Å². The predicted molar refractivity (Wildman–Crippen MR) is 112 cm³/mol. The first kappa shape index (κ1) is 19.8. The molecule has 2 aromatic rings. The third-order valence-corrected chi connectivity index (χ3v) is 6.46. The van der Waals surface area contributed by atoms with E-state index in [0.29, 0.717) is 12.3 Å². The average molecular weight is 399 g/mol. The molecule has 1 aromatic heterocycles. The van der Waals surface area contributed by atoms with E-state index >= 15 is 0 Å². The van der Waals surface area contributed by atoms with Crippen molar-refractivity contribution in [2.45, 2.75) is 44.7 Å². The third kappa shape index (κ3) is 3.83. The van der Waals surface area contributed by atoms with Crippen molar-refractivity contribution in [3.05, 3.63) is 30.0 Å². The number of carbonyl (C=O) groups excluding carboxylic acids is 2. The molecule has 1 aromatic carbocycles. The zero-order chi connectivity index (χ0) is 20.6. The maximum Gasteiger partial charge on any atom is 0.261 e. The minimum absolute atomic E-state index is 0.0101. The Bertz CT molecular complexity index is 930. The van der Waals surface area contributed by atoms with Crippen LogP contribution in [0, 0.1) is 6.92 Å². The summed E-state index contributed by atoms with van der Waals surface area (Å²) in [5.41, 5.74) is 2.15. The molecule has 156 valence electrons. The molecule has 2 amide bonds. The van der Waals surface area contributed by atoms with Gasteiger partial charge in [0.25, 0.3) is 5.91 Å². The SMILES string of the molecule is CC(=O)NC1CN(C(=O)COc2ccc3c(c2)cc(C)n3C)C2(CCNCC2)C1. The minimum atomic E-state index is -0.181. The lowest BCUT2D eigenvalue weighted by Crippen LogP contribution is -2.54. The number of fused-ring (bicyclic) bond motifs is 1. The van der Waals surface area contributed by atoms with Gasteiger partial charge >= 0.3 is 0 Å². The molecule has 2 saturated heterocycles. The summed E-state index contributed by atoms with van der Waals surface area (Å²) in [4.78, 5) is 26.6. The normalized spacial score (nSPS) is 20.9. The zero-order valence-corrected chi connectivity index (χ0v) is 17.5. The summed E-state index contributed by atoms with van der Waals surface area (Å²) >= 11 is 0. The van der Waals surface area contributed by atoms with Crippen molar-refractivity contribution in [1.29, 1.82) is 0 Å². The van der Waals surface area contributed by atoms with Crippen LogP contribution in [-0.4, -0.2) is 59.1 Å². The number of carbonyl (C=O) groups is 2. The number of rotatable bonds is 4. The van der Waals surface area contributed by atoms with Gasteiger partial charge in [-0.25, -0.2) is 0 Å². The summed E-state index contributed by atoms with van der Waals surface area (Å²) < 4.78 is 8.02. The van der Waals surface area contributed by atoms with Crippen molar-refractivity contribution in [2.24, 2.45) is 7.05 Å². The van der Waals surface area contributed by atoms with E-state index in [0.717, 1.165) is 43.3 Å². The van der Waals surface area contributed by atoms with Crippen LogP contribution in [0.1, 0.15) is 31.9 Å². The molecule has 29 heavy (non-hydrogen) atoms. The Morgan fingerprint density at radius 3 is 2.76 bits per heavy atom. The van der Waals surface area contributed by atoms with E-state index in [9.17, 15) is 9.59 Å². The van der Waals surface area contributed by atoms with E-state index in [1.165, 1.54) is 12.6 Å². The second kappa shape index (κ2) is 7.71. The minimum Gasteiger partial charge on any atom is -0.484 e. The number of likely N-dealkylation sites (tertiary alicyclic amines) is 1. The molecule has 3 heterocycles. The molecule has 1 unspecified atom stereocenters. The van der Waals surface area contributed by atoms with Crippen molar-refractivity contribution in [3.8, 4) is 5.75 Å². The second-order valence-corrected chi connectivity index (χ2v) is 8.43. The summed E-state index contributed by atoms with van der Waals surface area (Å²) in [5, 5.41) is 7.49. The topological polar surface area (TPSA) is 75.6 Å². The van der Waals surface area contributed by atoms with Crippen molar-refractivity contribution in [1.82, 2.24) is 20.1 Å². The number of aryl methyl sites for hydroxylation is 2. The van der Waals surface area contributed by atoms with Gasteiger partial charge in [0.2, 0.25) is 5.91 Å². The third-order valence-electron chi connectivity index (χ3n) is 6.46. The van der Waals surface area contributed by atoms with Gasteiger partial charge in [-0.2, -0.15) is 0 Å². The van der Waals surface area contributed by atoms with Gasteiger partial charge in [-0.1, -0.05) is 0 Å². The van der Waals surface area contributed by atoms with Gasteiger partial charge in [0.15, 0.2) is 6.61 Å². The smallest absolute Gasteiger partial charge is 0.261 e. The monoisotopic (exact) mass is 398 g/mol. The summed E-state index contributed by atoms with van der Waals surface area (Å²) in [6, 6.07) is 8.06. The number of aromatic nitrogens is 1. The molecule has 0 bridgehead atoms. The van der Waals surface area contributed by atoms with Crippen LogP contribution in [0.4, 0.5) is 0 Å². The summed E-state index contributed by atoms with van der Waals surface area (Å²) in [7, 11) is 2.04. The molecule has 2 aliphatic heterocycles. The molecule has 0 aliphatic carbocycles. The van der Waals surface area contributed by atoms with E-state index in [2.05, 4.69) is 28.2 Å². The molecule has 0 saturated carbocycles. The van der Waals surface area contributed by atoms with E-state index in [4.69, 9.17) is 4.74 Å². The Kier molecular flexibility index (Phi) is 5.25. The maximum atomic E-state index is 13.1. The fourth-order valence-electron chi connectivity index (χ4n) is 4.94. The van der Waals surface area contributed by atoms with Crippen molar-refractivity contribution in [2.75, 3.05) is 26.2 Å². The highest BCUT2D eigenvalue weighted by Gasteiger charge is 2.48. The lowest BCUT2D eigenvalue weighted by atomic mass is 9.85. The molecular weight excluding hydrogens is 368 g/mol. The fraction of sp³-hybridized carbons (Fsp3) is 0.545. The summed E-state index contributed by atoms with van der Waals surface area (Å²) in [5.74, 6) is 0.647. The van der Waals surface area contributed by atoms with Crippen LogP contribution in [0.3, 0.4) is 0 Å². The number of nitrogens with zero attached hydrogens (tertiary/aromatic N) is 2. The van der Waals surface area contributed by atoms with Crippen LogP contribution in [0.15, 0.2) is 24.3 Å². The van der Waals surface area contributed by atoms with Gasteiger partial charge in [-0.15, -0.1) is 0 Å². The standard InChI is InChI=1S/C22H30N4O3/c1-15-10-17-11-19(4-5-20(17)25(15)3)29-14-21(28)26-13-18(24-16(2)27)12-22(26)6-8-23-9-7-22/h4-5,10-11,18,23H,6-9,12-14H2,1-3H3,(H,24,27). The first-order valence-electron chi connectivity index (χ1n) is 10.4. The van der Waals surface area contributed by atoms with Crippen LogP contribution >= 0.6 is 0 Å². The van der Waals surface area contributed by atoms with Crippen LogP contribution in [-0.2, 0) is 16.6 Å². The van der Waals surface area contributed by atoms with E-state index in [-0.39, 0.29) is 30.0 Å². The number of nitrogens with one attached hydrogen (secondary N) is 2. The van der Waals surface area contributed by atoms with E-state index in [1.54, 1.807) is 0 Å². The van der Waals surface area contributed by atoms with Crippen LogP contribution in [0.2, 0.25) is 0 Å². The molecule has 4 rings (SSSR count). The average Bonchev–Trinajstić information content (AvgIpc) is 3.16. The molecule has 7 nitrogen and oxygen atoms in total. The summed E-state index contributed by atoms with van der Waals surface area (Å²) in [6.07, 6.45) is 2.63. The quantitative estimate of drug-likeness (QED) is 0.822. The van der Waals surface area contributed by atoms with Crippen LogP contribution in [0.25, 0.3) is 10.9 Å². The van der Waals surface area contributed by atoms with Crippen LogP contribution in [0.5, 0.6) is 5.75 Å². The maximum absolute atomic E-state index is 13.1. The second-order valence-electron chi connectivity index (χ2n) is 8.43. The van der Waals surface area contributed by atoms with Crippen molar-refractivity contribution in [3.63, 3.8) is 0 Å². The Morgan fingerprint density at radius 2 is 2.03 bits per heavy atom. The van der Waals surface area contributed by atoms with Gasteiger partial charge in [0.05, 0.1) is 0 Å². The lowest BCUT2D eigenvalue weighted by molar-refractivity contribution is -0.138. The Labute approximate surface area is 171 Å².